The van der Waals surface area contributed by atoms with Crippen molar-refractivity contribution >= 4 is 29.0 Å². The van der Waals surface area contributed by atoms with Crippen LogP contribution in [0.25, 0.3) is 0 Å². The van der Waals surface area contributed by atoms with Gasteiger partial charge in [0.15, 0.2) is 6.61 Å². The van der Waals surface area contributed by atoms with Gasteiger partial charge >= 0.3 is 5.97 Å². The topological polar surface area (TPSA) is 68.6 Å². The number of nitrogens with zero attached hydrogens (tertiary/aromatic N) is 2. The zero-order chi connectivity index (χ0) is 22.7. The lowest BCUT2D eigenvalue weighted by molar-refractivity contribution is -0.147. The van der Waals surface area contributed by atoms with Gasteiger partial charge in [-0.25, -0.2) is 0 Å². The highest BCUT2D eigenvalue weighted by Crippen LogP contribution is 2.23. The molecule has 166 valence electrons. The van der Waals surface area contributed by atoms with E-state index in [0.29, 0.717) is 25.2 Å². The lowest BCUT2D eigenvalue weighted by Gasteiger charge is -2.16. The summed E-state index contributed by atoms with van der Waals surface area (Å²) in [4.78, 5) is 40.5. The fourth-order valence-corrected chi connectivity index (χ4v) is 4.80. The standard InChI is InChI=1S/C25H26N2O4S/c1-17-11-22(18(2)27(17)15-21-9-6-10-32-21)23(28)16-31-25(30)20-12-24(29)26(14-20)13-19-7-4-3-5-8-19/h3-11,20H,12-16H2,1-2H3. The second-order valence-electron chi connectivity index (χ2n) is 8.14. The van der Waals surface area contributed by atoms with Crippen LogP contribution in [0.3, 0.4) is 0 Å². The van der Waals surface area contributed by atoms with E-state index in [0.717, 1.165) is 17.0 Å². The van der Waals surface area contributed by atoms with Crippen LogP contribution < -0.4 is 0 Å². The van der Waals surface area contributed by atoms with Gasteiger partial charge in [0.1, 0.15) is 0 Å². The molecule has 1 saturated heterocycles. The number of Topliss-reactive ketones (excluding diaryl/α,β-unsaturated/α-hetero) is 1. The summed E-state index contributed by atoms with van der Waals surface area (Å²) < 4.78 is 7.42. The van der Waals surface area contributed by atoms with Gasteiger partial charge in [-0.1, -0.05) is 36.4 Å². The number of amides is 1. The minimum atomic E-state index is -0.537. The Bertz CT molecular complexity index is 1120. The summed E-state index contributed by atoms with van der Waals surface area (Å²) in [6, 6.07) is 15.6. The first-order valence-electron chi connectivity index (χ1n) is 10.6. The summed E-state index contributed by atoms with van der Waals surface area (Å²) in [5, 5.41) is 2.03. The van der Waals surface area contributed by atoms with Crippen LogP contribution in [-0.2, 0) is 27.4 Å². The number of carbonyl (C=O) groups excluding carboxylic acids is 3. The predicted molar refractivity (Wildman–Crippen MR) is 123 cm³/mol. The highest BCUT2D eigenvalue weighted by atomic mass is 32.1. The van der Waals surface area contributed by atoms with Crippen LogP contribution in [-0.4, -0.2) is 40.3 Å². The van der Waals surface area contributed by atoms with E-state index in [9.17, 15) is 14.4 Å². The molecule has 0 radical (unpaired) electrons. The third-order valence-corrected chi connectivity index (χ3v) is 6.74. The van der Waals surface area contributed by atoms with Crippen LogP contribution in [0.2, 0.25) is 0 Å². The third-order valence-electron chi connectivity index (χ3n) is 5.88. The minimum Gasteiger partial charge on any atom is -0.457 e. The molecule has 32 heavy (non-hydrogen) atoms. The summed E-state index contributed by atoms with van der Waals surface area (Å²) >= 11 is 1.68. The van der Waals surface area contributed by atoms with Crippen LogP contribution in [0.4, 0.5) is 0 Å². The molecule has 3 aromatic rings. The van der Waals surface area contributed by atoms with E-state index in [1.165, 1.54) is 4.88 Å². The van der Waals surface area contributed by atoms with E-state index >= 15 is 0 Å². The molecule has 1 aliphatic rings. The van der Waals surface area contributed by atoms with E-state index in [1.54, 1.807) is 16.2 Å². The number of ether oxygens (including phenoxy) is 1. The van der Waals surface area contributed by atoms with Crippen molar-refractivity contribution in [2.45, 2.75) is 33.4 Å². The lowest BCUT2D eigenvalue weighted by atomic mass is 10.1. The van der Waals surface area contributed by atoms with Crippen molar-refractivity contribution in [3.63, 3.8) is 0 Å². The van der Waals surface area contributed by atoms with Crippen molar-refractivity contribution < 1.29 is 19.1 Å². The Labute approximate surface area is 191 Å². The number of esters is 1. The average molecular weight is 451 g/mol. The normalized spacial score (nSPS) is 15.9. The summed E-state index contributed by atoms with van der Waals surface area (Å²) in [6.45, 7) is 5.06. The molecule has 0 saturated carbocycles. The molecule has 6 nitrogen and oxygen atoms in total. The van der Waals surface area contributed by atoms with E-state index in [1.807, 2.05) is 61.7 Å². The molecular formula is C25H26N2O4S. The van der Waals surface area contributed by atoms with Gasteiger partial charge in [0.05, 0.1) is 12.5 Å². The molecule has 0 aliphatic carbocycles. The number of hydrogen-bond acceptors (Lipinski definition) is 5. The maximum absolute atomic E-state index is 12.8. The molecule has 1 aliphatic heterocycles. The van der Waals surface area contributed by atoms with Crippen LogP contribution in [0.15, 0.2) is 53.9 Å². The number of likely N-dealkylation sites (tertiary alicyclic amines) is 1. The Morgan fingerprint density at radius 2 is 1.88 bits per heavy atom. The van der Waals surface area contributed by atoms with Crippen molar-refractivity contribution in [1.82, 2.24) is 9.47 Å². The smallest absolute Gasteiger partial charge is 0.311 e. The molecule has 0 N–H and O–H groups in total. The molecule has 1 aromatic carbocycles. The number of aryl methyl sites for hydroxylation is 1. The maximum atomic E-state index is 12.8. The fraction of sp³-hybridized carbons (Fsp3) is 0.320. The second-order valence-corrected chi connectivity index (χ2v) is 9.17. The predicted octanol–water partition coefficient (Wildman–Crippen LogP) is 3.99. The van der Waals surface area contributed by atoms with Gasteiger partial charge in [-0.05, 0) is 36.9 Å². The number of aromatic nitrogens is 1. The van der Waals surface area contributed by atoms with Crippen LogP contribution in [0, 0.1) is 19.8 Å². The lowest BCUT2D eigenvalue weighted by Crippen LogP contribution is -2.27. The SMILES string of the molecule is Cc1cc(C(=O)COC(=O)C2CC(=O)N(Cc3ccccc3)C2)c(C)n1Cc1cccs1. The van der Waals surface area contributed by atoms with Crippen molar-refractivity contribution in [3.8, 4) is 0 Å². The number of carbonyl (C=O) groups is 3. The van der Waals surface area contributed by atoms with Gasteiger partial charge in [0, 0.05) is 41.3 Å². The summed E-state index contributed by atoms with van der Waals surface area (Å²) in [6.07, 6.45) is 0.120. The zero-order valence-electron chi connectivity index (χ0n) is 18.2. The monoisotopic (exact) mass is 450 g/mol. The van der Waals surface area contributed by atoms with Gasteiger partial charge in [0.25, 0.3) is 0 Å². The molecule has 1 amide bonds. The van der Waals surface area contributed by atoms with E-state index < -0.39 is 11.9 Å². The molecule has 1 atom stereocenters. The van der Waals surface area contributed by atoms with Crippen LogP contribution in [0.1, 0.15) is 38.6 Å². The molecule has 1 fully saturated rings. The number of rotatable bonds is 8. The number of hydrogen-bond donors (Lipinski definition) is 0. The second kappa shape index (κ2) is 9.53. The fourth-order valence-electron chi connectivity index (χ4n) is 4.10. The van der Waals surface area contributed by atoms with Crippen LogP contribution in [0.5, 0.6) is 0 Å². The number of thiophene rings is 1. The molecule has 4 rings (SSSR count). The third kappa shape index (κ3) is 4.83. The van der Waals surface area contributed by atoms with Crippen LogP contribution >= 0.6 is 11.3 Å². The van der Waals surface area contributed by atoms with E-state index in [4.69, 9.17) is 4.74 Å². The van der Waals surface area contributed by atoms with Gasteiger partial charge in [-0.2, -0.15) is 0 Å². The first-order valence-corrected chi connectivity index (χ1v) is 11.5. The Morgan fingerprint density at radius 3 is 2.59 bits per heavy atom. The Kier molecular flexibility index (Phi) is 6.55. The number of ketones is 1. The largest absolute Gasteiger partial charge is 0.457 e. The van der Waals surface area contributed by atoms with E-state index in [2.05, 4.69) is 10.6 Å². The van der Waals surface area contributed by atoms with Gasteiger partial charge in [-0.15, -0.1) is 11.3 Å². The summed E-state index contributed by atoms with van der Waals surface area (Å²) in [5.74, 6) is -1.33. The summed E-state index contributed by atoms with van der Waals surface area (Å²) in [7, 11) is 0. The average Bonchev–Trinajstić information content (AvgIpc) is 3.50. The molecule has 3 heterocycles. The first-order chi connectivity index (χ1) is 15.4. The van der Waals surface area contributed by atoms with E-state index in [-0.39, 0.29) is 24.7 Å². The molecule has 0 bridgehead atoms. The summed E-state index contributed by atoms with van der Waals surface area (Å²) in [5.41, 5.74) is 3.44. The molecular weight excluding hydrogens is 424 g/mol. The highest BCUT2D eigenvalue weighted by molar-refractivity contribution is 7.09. The zero-order valence-corrected chi connectivity index (χ0v) is 19.1. The highest BCUT2D eigenvalue weighted by Gasteiger charge is 2.35. The first kappa shape index (κ1) is 22.0. The Morgan fingerprint density at radius 1 is 1.09 bits per heavy atom. The van der Waals surface area contributed by atoms with Gasteiger partial charge in [-0.3, -0.25) is 14.4 Å². The molecule has 7 heteroatoms. The van der Waals surface area contributed by atoms with Gasteiger partial charge < -0.3 is 14.2 Å². The maximum Gasteiger partial charge on any atom is 0.311 e. The van der Waals surface area contributed by atoms with Crippen molar-refractivity contribution in [3.05, 3.63) is 81.3 Å². The number of benzene rings is 1. The molecule has 1 unspecified atom stereocenters. The van der Waals surface area contributed by atoms with Crippen molar-refractivity contribution in [2.75, 3.05) is 13.2 Å². The van der Waals surface area contributed by atoms with Crippen molar-refractivity contribution in [1.29, 1.82) is 0 Å². The van der Waals surface area contributed by atoms with Gasteiger partial charge in [0.2, 0.25) is 11.7 Å². The molecule has 0 spiro atoms. The minimum absolute atomic E-state index is 0.0701. The van der Waals surface area contributed by atoms with Crippen molar-refractivity contribution in [2.24, 2.45) is 5.92 Å². The Hall–Kier alpha value is -3.19. The molecule has 2 aromatic heterocycles. The Balaban J connectivity index is 1.33. The quantitative estimate of drug-likeness (QED) is 0.384.